The molecule has 0 spiro atoms. The predicted molar refractivity (Wildman–Crippen MR) is 69.7 cm³/mol. The zero-order valence-corrected chi connectivity index (χ0v) is 10.7. The Morgan fingerprint density at radius 3 is 2.47 bits per heavy atom. The number of nitrogens with two attached hydrogens (primary N) is 1. The zero-order chi connectivity index (χ0) is 12.6. The summed E-state index contributed by atoms with van der Waals surface area (Å²) in [5.41, 5.74) is 8.76. The molecule has 0 saturated heterocycles. The lowest BCUT2D eigenvalue weighted by Crippen LogP contribution is -2.05. The van der Waals surface area contributed by atoms with E-state index in [0.717, 1.165) is 28.5 Å². The van der Waals surface area contributed by atoms with Gasteiger partial charge in [-0.3, -0.25) is 0 Å². The first-order chi connectivity index (χ1) is 8.00. The summed E-state index contributed by atoms with van der Waals surface area (Å²) < 4.78 is 2.13. The van der Waals surface area contributed by atoms with E-state index in [1.807, 2.05) is 26.0 Å². The van der Waals surface area contributed by atoms with Gasteiger partial charge in [-0.25, -0.2) is 0 Å². The number of benzene rings is 1. The molecule has 4 nitrogen and oxygen atoms in total. The standard InChI is InChI=1S/C13H18N4/c1-8(2)17-10(4)15-16-13(17)11-5-6-12(14)9(3)7-11/h5-8H,14H2,1-4H3. The fourth-order valence-electron chi connectivity index (χ4n) is 2.00. The van der Waals surface area contributed by atoms with Crippen molar-refractivity contribution < 1.29 is 0 Å². The molecule has 4 heteroatoms. The van der Waals surface area contributed by atoms with Crippen LogP contribution in [0.5, 0.6) is 0 Å². The van der Waals surface area contributed by atoms with Gasteiger partial charge in [-0.1, -0.05) is 0 Å². The highest BCUT2D eigenvalue weighted by Gasteiger charge is 2.13. The van der Waals surface area contributed by atoms with Gasteiger partial charge in [-0.2, -0.15) is 0 Å². The molecule has 1 aromatic heterocycles. The van der Waals surface area contributed by atoms with E-state index in [-0.39, 0.29) is 0 Å². The maximum atomic E-state index is 5.83. The molecule has 2 aromatic rings. The fraction of sp³-hybridized carbons (Fsp3) is 0.385. The summed E-state index contributed by atoms with van der Waals surface area (Å²) in [6.45, 7) is 8.23. The van der Waals surface area contributed by atoms with Crippen LogP contribution in [0.2, 0.25) is 0 Å². The Hall–Kier alpha value is -1.84. The van der Waals surface area contributed by atoms with Crippen LogP contribution < -0.4 is 5.73 Å². The number of aryl methyl sites for hydroxylation is 2. The Morgan fingerprint density at radius 2 is 1.88 bits per heavy atom. The van der Waals surface area contributed by atoms with Gasteiger partial charge in [-0.05, 0) is 51.5 Å². The predicted octanol–water partition coefficient (Wildman–Crippen LogP) is 2.73. The largest absolute Gasteiger partial charge is 0.399 e. The van der Waals surface area contributed by atoms with Gasteiger partial charge in [0.25, 0.3) is 0 Å². The lowest BCUT2D eigenvalue weighted by molar-refractivity contribution is 0.587. The SMILES string of the molecule is Cc1cc(-c2nnc(C)n2C(C)C)ccc1N. The minimum atomic E-state index is 0.345. The normalized spacial score (nSPS) is 11.1. The van der Waals surface area contributed by atoms with E-state index >= 15 is 0 Å². The third-order valence-electron chi connectivity index (χ3n) is 2.91. The highest BCUT2D eigenvalue weighted by molar-refractivity contribution is 5.62. The first kappa shape index (κ1) is 11.6. The van der Waals surface area contributed by atoms with Crippen molar-refractivity contribution in [3.05, 3.63) is 29.6 Å². The quantitative estimate of drug-likeness (QED) is 0.807. The van der Waals surface area contributed by atoms with Gasteiger partial charge >= 0.3 is 0 Å². The Morgan fingerprint density at radius 1 is 1.18 bits per heavy atom. The van der Waals surface area contributed by atoms with Gasteiger partial charge < -0.3 is 10.3 Å². The molecular formula is C13H18N4. The molecule has 1 aromatic carbocycles. The molecule has 0 radical (unpaired) electrons. The summed E-state index contributed by atoms with van der Waals surface area (Å²) in [4.78, 5) is 0. The van der Waals surface area contributed by atoms with Gasteiger partial charge in [-0.15, -0.1) is 10.2 Å². The molecule has 0 aliphatic carbocycles. The Labute approximate surface area is 101 Å². The van der Waals surface area contributed by atoms with Gasteiger partial charge in [0, 0.05) is 17.3 Å². The van der Waals surface area contributed by atoms with Crippen molar-refractivity contribution in [1.29, 1.82) is 0 Å². The van der Waals surface area contributed by atoms with Crippen molar-refractivity contribution in [3.63, 3.8) is 0 Å². The minimum absolute atomic E-state index is 0.345. The second-order valence-corrected chi connectivity index (χ2v) is 4.61. The number of rotatable bonds is 2. The maximum absolute atomic E-state index is 5.83. The fourth-order valence-corrected chi connectivity index (χ4v) is 2.00. The van der Waals surface area contributed by atoms with Crippen LogP contribution >= 0.6 is 0 Å². The molecule has 0 saturated carbocycles. The molecule has 0 fully saturated rings. The van der Waals surface area contributed by atoms with Gasteiger partial charge in [0.1, 0.15) is 5.82 Å². The molecule has 0 aliphatic rings. The van der Waals surface area contributed by atoms with Gasteiger partial charge in [0.15, 0.2) is 5.82 Å². The van der Waals surface area contributed by atoms with Crippen molar-refractivity contribution in [2.75, 3.05) is 5.73 Å². The van der Waals surface area contributed by atoms with Crippen molar-refractivity contribution in [3.8, 4) is 11.4 Å². The lowest BCUT2D eigenvalue weighted by atomic mass is 10.1. The van der Waals surface area contributed by atoms with Gasteiger partial charge in [0.05, 0.1) is 0 Å². The molecule has 2 rings (SSSR count). The molecule has 1 heterocycles. The molecule has 0 amide bonds. The van der Waals surface area contributed by atoms with Crippen LogP contribution in [-0.4, -0.2) is 14.8 Å². The Balaban J connectivity index is 2.56. The Kier molecular flexibility index (Phi) is 2.88. The number of anilines is 1. The first-order valence-corrected chi connectivity index (χ1v) is 5.78. The number of nitrogens with zero attached hydrogens (tertiary/aromatic N) is 3. The van der Waals surface area contributed by atoms with Crippen LogP contribution in [-0.2, 0) is 0 Å². The van der Waals surface area contributed by atoms with Crippen LogP contribution in [0.15, 0.2) is 18.2 Å². The molecule has 17 heavy (non-hydrogen) atoms. The second-order valence-electron chi connectivity index (χ2n) is 4.61. The molecule has 2 N–H and O–H groups in total. The van der Waals surface area contributed by atoms with Crippen LogP contribution in [0, 0.1) is 13.8 Å². The van der Waals surface area contributed by atoms with Crippen molar-refractivity contribution >= 4 is 5.69 Å². The highest BCUT2D eigenvalue weighted by atomic mass is 15.3. The van der Waals surface area contributed by atoms with E-state index in [1.54, 1.807) is 0 Å². The van der Waals surface area contributed by atoms with E-state index in [0.29, 0.717) is 6.04 Å². The van der Waals surface area contributed by atoms with E-state index in [1.165, 1.54) is 0 Å². The highest BCUT2D eigenvalue weighted by Crippen LogP contribution is 2.24. The number of aromatic nitrogens is 3. The lowest BCUT2D eigenvalue weighted by Gasteiger charge is -2.13. The average molecular weight is 230 g/mol. The first-order valence-electron chi connectivity index (χ1n) is 5.78. The van der Waals surface area contributed by atoms with E-state index in [2.05, 4.69) is 34.7 Å². The number of nitrogen functional groups attached to an aromatic ring is 1. The van der Waals surface area contributed by atoms with Crippen molar-refractivity contribution in [1.82, 2.24) is 14.8 Å². The molecular weight excluding hydrogens is 212 g/mol. The monoisotopic (exact) mass is 230 g/mol. The van der Waals surface area contributed by atoms with Gasteiger partial charge in [0.2, 0.25) is 0 Å². The van der Waals surface area contributed by atoms with Crippen molar-refractivity contribution in [2.45, 2.75) is 33.7 Å². The average Bonchev–Trinajstić information content (AvgIpc) is 2.64. The summed E-state index contributed by atoms with van der Waals surface area (Å²) in [5, 5.41) is 8.40. The number of hydrogen-bond acceptors (Lipinski definition) is 3. The summed E-state index contributed by atoms with van der Waals surface area (Å²) in [6.07, 6.45) is 0. The molecule has 0 aliphatic heterocycles. The second kappa shape index (κ2) is 4.20. The van der Waals surface area contributed by atoms with Crippen LogP contribution in [0.3, 0.4) is 0 Å². The summed E-state index contributed by atoms with van der Waals surface area (Å²) in [7, 11) is 0. The van der Waals surface area contributed by atoms with Crippen LogP contribution in [0.1, 0.15) is 31.3 Å². The van der Waals surface area contributed by atoms with Crippen LogP contribution in [0.25, 0.3) is 11.4 Å². The summed E-state index contributed by atoms with van der Waals surface area (Å²) >= 11 is 0. The molecule has 0 unspecified atom stereocenters. The smallest absolute Gasteiger partial charge is 0.164 e. The molecule has 90 valence electrons. The molecule has 0 bridgehead atoms. The van der Waals surface area contributed by atoms with E-state index in [9.17, 15) is 0 Å². The summed E-state index contributed by atoms with van der Waals surface area (Å²) in [6, 6.07) is 6.31. The van der Waals surface area contributed by atoms with E-state index < -0.39 is 0 Å². The third-order valence-corrected chi connectivity index (χ3v) is 2.91. The Bertz CT molecular complexity index is 540. The molecule has 0 atom stereocenters. The van der Waals surface area contributed by atoms with Crippen molar-refractivity contribution in [2.24, 2.45) is 0 Å². The maximum Gasteiger partial charge on any atom is 0.164 e. The minimum Gasteiger partial charge on any atom is -0.399 e. The summed E-state index contributed by atoms with van der Waals surface area (Å²) in [5.74, 6) is 1.84. The topological polar surface area (TPSA) is 56.7 Å². The zero-order valence-electron chi connectivity index (χ0n) is 10.7. The van der Waals surface area contributed by atoms with E-state index in [4.69, 9.17) is 5.73 Å². The number of hydrogen-bond donors (Lipinski definition) is 1. The van der Waals surface area contributed by atoms with Crippen LogP contribution in [0.4, 0.5) is 5.69 Å². The third kappa shape index (κ3) is 2.02.